The Hall–Kier alpha value is -0.660. The molecule has 1 atom stereocenters. The molecule has 1 aromatic rings. The highest BCUT2D eigenvalue weighted by molar-refractivity contribution is 9.10. The van der Waals surface area contributed by atoms with Crippen LogP contribution in [0.5, 0.6) is 0 Å². The second-order valence-electron chi connectivity index (χ2n) is 3.26. The molecule has 0 amide bonds. The van der Waals surface area contributed by atoms with Crippen LogP contribution in [0.25, 0.3) is 0 Å². The first-order valence-corrected chi connectivity index (χ1v) is 6.78. The molecule has 2 N–H and O–H groups in total. The van der Waals surface area contributed by atoms with Gasteiger partial charge in [-0.05, 0) is 41.1 Å². The molecular formula is C9H11BrFNO3S. The largest absolute Gasteiger partial charge is 0.395 e. The second-order valence-corrected chi connectivity index (χ2v) is 6.22. The number of hydrogen-bond donors (Lipinski definition) is 2. The van der Waals surface area contributed by atoms with E-state index in [-0.39, 0.29) is 5.69 Å². The lowest BCUT2D eigenvalue weighted by Crippen LogP contribution is -2.28. The molecule has 0 bridgehead atoms. The predicted molar refractivity (Wildman–Crippen MR) is 63.2 cm³/mol. The molecule has 1 aromatic carbocycles. The van der Waals surface area contributed by atoms with Crippen LogP contribution in [0.4, 0.5) is 10.1 Å². The molecule has 7 heteroatoms. The summed E-state index contributed by atoms with van der Waals surface area (Å²) in [6.45, 7) is 0.897. The zero-order valence-corrected chi connectivity index (χ0v) is 10.8. The third-order valence-electron chi connectivity index (χ3n) is 1.97. The molecule has 0 heterocycles. The number of benzene rings is 1. The van der Waals surface area contributed by atoms with E-state index < -0.39 is 27.7 Å². The van der Waals surface area contributed by atoms with Crippen LogP contribution in [-0.2, 0) is 10.0 Å². The summed E-state index contributed by atoms with van der Waals surface area (Å²) in [4.78, 5) is 0. The van der Waals surface area contributed by atoms with E-state index in [1.165, 1.54) is 13.0 Å². The van der Waals surface area contributed by atoms with Crippen molar-refractivity contribution in [3.8, 4) is 0 Å². The summed E-state index contributed by atoms with van der Waals surface area (Å²) in [7, 11) is -3.65. The summed E-state index contributed by atoms with van der Waals surface area (Å²) in [6, 6.07) is 3.61. The molecular weight excluding hydrogens is 301 g/mol. The van der Waals surface area contributed by atoms with E-state index in [1.54, 1.807) is 0 Å². The SMILES string of the molecule is CC(CO)S(=O)(=O)Nc1ccc(F)cc1Br. The van der Waals surface area contributed by atoms with E-state index in [0.717, 1.165) is 12.1 Å². The topological polar surface area (TPSA) is 66.4 Å². The van der Waals surface area contributed by atoms with Gasteiger partial charge in [0.05, 0.1) is 12.3 Å². The highest BCUT2D eigenvalue weighted by Crippen LogP contribution is 2.24. The summed E-state index contributed by atoms with van der Waals surface area (Å²) in [5, 5.41) is 7.84. The number of halogens is 2. The molecule has 0 saturated heterocycles. The van der Waals surface area contributed by atoms with Gasteiger partial charge in [-0.3, -0.25) is 4.72 Å². The lowest BCUT2D eigenvalue weighted by molar-refractivity contribution is 0.296. The van der Waals surface area contributed by atoms with Gasteiger partial charge in [0.1, 0.15) is 11.1 Å². The van der Waals surface area contributed by atoms with Crippen molar-refractivity contribution in [3.05, 3.63) is 28.5 Å². The van der Waals surface area contributed by atoms with Crippen molar-refractivity contribution in [1.29, 1.82) is 0 Å². The third kappa shape index (κ3) is 3.16. The zero-order valence-electron chi connectivity index (χ0n) is 8.44. The molecule has 0 fully saturated rings. The Balaban J connectivity index is 2.97. The lowest BCUT2D eigenvalue weighted by atomic mass is 10.3. The van der Waals surface area contributed by atoms with Crippen LogP contribution < -0.4 is 4.72 Å². The first-order chi connectivity index (χ1) is 7.36. The first kappa shape index (κ1) is 13.4. The minimum absolute atomic E-state index is 0.238. The van der Waals surface area contributed by atoms with Crippen molar-refractivity contribution in [2.75, 3.05) is 11.3 Å². The van der Waals surface area contributed by atoms with Crippen molar-refractivity contribution < 1.29 is 17.9 Å². The average Bonchev–Trinajstić information content (AvgIpc) is 2.21. The maximum absolute atomic E-state index is 12.8. The van der Waals surface area contributed by atoms with E-state index in [1.807, 2.05) is 0 Å². The Labute approximate surface area is 102 Å². The fraction of sp³-hybridized carbons (Fsp3) is 0.333. The van der Waals surface area contributed by atoms with Crippen molar-refractivity contribution in [2.45, 2.75) is 12.2 Å². The fourth-order valence-electron chi connectivity index (χ4n) is 0.924. The van der Waals surface area contributed by atoms with E-state index in [0.29, 0.717) is 4.47 Å². The molecule has 0 radical (unpaired) electrons. The molecule has 0 spiro atoms. The minimum atomic E-state index is -3.65. The van der Waals surface area contributed by atoms with Crippen LogP contribution >= 0.6 is 15.9 Å². The van der Waals surface area contributed by atoms with Crippen LogP contribution in [0.15, 0.2) is 22.7 Å². The van der Waals surface area contributed by atoms with Crippen LogP contribution in [-0.4, -0.2) is 25.4 Å². The van der Waals surface area contributed by atoms with Gasteiger partial charge in [-0.25, -0.2) is 12.8 Å². The predicted octanol–water partition coefficient (Wildman–Crippen LogP) is 1.71. The number of sulfonamides is 1. The number of hydrogen-bond acceptors (Lipinski definition) is 3. The quantitative estimate of drug-likeness (QED) is 0.889. The summed E-state index contributed by atoms with van der Waals surface area (Å²) in [6.07, 6.45) is 0. The van der Waals surface area contributed by atoms with Crippen LogP contribution in [0.2, 0.25) is 0 Å². The monoisotopic (exact) mass is 311 g/mol. The second kappa shape index (κ2) is 5.11. The maximum atomic E-state index is 12.8. The molecule has 0 aliphatic rings. The van der Waals surface area contributed by atoms with Gasteiger partial charge < -0.3 is 5.11 Å². The Morgan fingerprint density at radius 2 is 2.19 bits per heavy atom. The van der Waals surface area contributed by atoms with Crippen LogP contribution in [0, 0.1) is 5.82 Å². The van der Waals surface area contributed by atoms with Gasteiger partial charge in [0.25, 0.3) is 0 Å². The molecule has 0 aromatic heterocycles. The number of anilines is 1. The van der Waals surface area contributed by atoms with Gasteiger partial charge in [0.15, 0.2) is 0 Å². The smallest absolute Gasteiger partial charge is 0.237 e. The van der Waals surface area contributed by atoms with Crippen molar-refractivity contribution in [1.82, 2.24) is 0 Å². The van der Waals surface area contributed by atoms with E-state index in [9.17, 15) is 12.8 Å². The maximum Gasteiger partial charge on any atom is 0.237 e. The van der Waals surface area contributed by atoms with Crippen molar-refractivity contribution >= 4 is 31.6 Å². The fourth-order valence-corrected chi connectivity index (χ4v) is 2.39. The van der Waals surface area contributed by atoms with Gasteiger partial charge in [0, 0.05) is 4.47 Å². The molecule has 90 valence electrons. The van der Waals surface area contributed by atoms with Crippen molar-refractivity contribution in [3.63, 3.8) is 0 Å². The summed E-state index contributed by atoms with van der Waals surface area (Å²) in [5.74, 6) is -0.468. The molecule has 0 saturated carbocycles. The Morgan fingerprint density at radius 1 is 1.56 bits per heavy atom. The minimum Gasteiger partial charge on any atom is -0.395 e. The van der Waals surface area contributed by atoms with E-state index >= 15 is 0 Å². The Morgan fingerprint density at radius 3 is 2.69 bits per heavy atom. The van der Waals surface area contributed by atoms with Crippen LogP contribution in [0.3, 0.4) is 0 Å². The van der Waals surface area contributed by atoms with Gasteiger partial charge in [-0.15, -0.1) is 0 Å². The van der Waals surface area contributed by atoms with Gasteiger partial charge in [-0.1, -0.05) is 0 Å². The molecule has 4 nitrogen and oxygen atoms in total. The molecule has 0 aliphatic carbocycles. The highest BCUT2D eigenvalue weighted by Gasteiger charge is 2.20. The summed E-state index contributed by atoms with van der Waals surface area (Å²) < 4.78 is 38.5. The summed E-state index contributed by atoms with van der Waals surface area (Å²) >= 11 is 3.04. The zero-order chi connectivity index (χ0) is 12.3. The standard InChI is InChI=1S/C9H11BrFNO3S/c1-6(5-13)16(14,15)12-9-3-2-7(11)4-8(9)10/h2-4,6,12-13H,5H2,1H3. The first-order valence-electron chi connectivity index (χ1n) is 4.44. The lowest BCUT2D eigenvalue weighted by Gasteiger charge is -2.13. The van der Waals surface area contributed by atoms with Gasteiger partial charge >= 0.3 is 0 Å². The van der Waals surface area contributed by atoms with Gasteiger partial charge in [-0.2, -0.15) is 0 Å². The molecule has 16 heavy (non-hydrogen) atoms. The van der Waals surface area contributed by atoms with E-state index in [4.69, 9.17) is 5.11 Å². The molecule has 1 unspecified atom stereocenters. The number of aliphatic hydroxyl groups is 1. The summed E-state index contributed by atoms with van der Waals surface area (Å²) in [5.41, 5.74) is 0.238. The van der Waals surface area contributed by atoms with E-state index in [2.05, 4.69) is 20.7 Å². The average molecular weight is 312 g/mol. The Kier molecular flexibility index (Phi) is 4.28. The van der Waals surface area contributed by atoms with Crippen molar-refractivity contribution in [2.24, 2.45) is 0 Å². The molecule has 1 rings (SSSR count). The van der Waals surface area contributed by atoms with Crippen LogP contribution in [0.1, 0.15) is 6.92 Å². The number of rotatable bonds is 4. The highest BCUT2D eigenvalue weighted by atomic mass is 79.9. The third-order valence-corrected chi connectivity index (χ3v) is 4.34. The van der Waals surface area contributed by atoms with Gasteiger partial charge in [0.2, 0.25) is 10.0 Å². The molecule has 0 aliphatic heterocycles. The Bertz CT molecular complexity index is 478. The normalized spacial score (nSPS) is 13.5. The number of aliphatic hydroxyl groups excluding tert-OH is 1. The number of nitrogens with one attached hydrogen (secondary N) is 1.